The SMILES string of the molecule is CN(c1ccccc1)S(=O)(=O)c1ccc(Cl)c(C(=O)Nc2ccccc2Cl)c1. The number of benzene rings is 3. The first-order valence-corrected chi connectivity index (χ1v) is 10.4. The highest BCUT2D eigenvalue weighted by Gasteiger charge is 2.24. The van der Waals surface area contributed by atoms with Gasteiger partial charge in [0.1, 0.15) is 0 Å². The minimum atomic E-state index is -3.88. The van der Waals surface area contributed by atoms with E-state index in [-0.39, 0.29) is 15.5 Å². The molecule has 0 aliphatic heterocycles. The molecule has 0 aliphatic carbocycles. The molecule has 0 heterocycles. The summed E-state index contributed by atoms with van der Waals surface area (Å²) in [6, 6.07) is 19.4. The maximum absolute atomic E-state index is 13.0. The number of halogens is 2. The summed E-state index contributed by atoms with van der Waals surface area (Å²) >= 11 is 12.2. The zero-order valence-corrected chi connectivity index (χ0v) is 17.1. The highest BCUT2D eigenvalue weighted by atomic mass is 35.5. The number of hydrogen-bond acceptors (Lipinski definition) is 3. The van der Waals surface area contributed by atoms with Crippen LogP contribution in [-0.2, 0) is 10.0 Å². The molecule has 28 heavy (non-hydrogen) atoms. The van der Waals surface area contributed by atoms with Crippen LogP contribution in [0.15, 0.2) is 77.7 Å². The van der Waals surface area contributed by atoms with Gasteiger partial charge in [-0.2, -0.15) is 0 Å². The maximum atomic E-state index is 13.0. The Balaban J connectivity index is 1.95. The van der Waals surface area contributed by atoms with E-state index in [0.717, 1.165) is 4.31 Å². The van der Waals surface area contributed by atoms with Crippen LogP contribution in [0, 0.1) is 0 Å². The maximum Gasteiger partial charge on any atom is 0.264 e. The van der Waals surface area contributed by atoms with Crippen LogP contribution in [0.4, 0.5) is 11.4 Å². The fraction of sp³-hybridized carbons (Fsp3) is 0.0500. The quantitative estimate of drug-likeness (QED) is 0.609. The van der Waals surface area contributed by atoms with E-state index in [1.165, 1.54) is 25.2 Å². The Morgan fingerprint density at radius 3 is 2.21 bits per heavy atom. The molecule has 0 aromatic heterocycles. The van der Waals surface area contributed by atoms with Crippen molar-refractivity contribution in [2.24, 2.45) is 0 Å². The van der Waals surface area contributed by atoms with E-state index in [9.17, 15) is 13.2 Å². The van der Waals surface area contributed by atoms with Crippen LogP contribution < -0.4 is 9.62 Å². The molecule has 3 rings (SSSR count). The largest absolute Gasteiger partial charge is 0.321 e. The summed E-state index contributed by atoms with van der Waals surface area (Å²) in [7, 11) is -2.43. The highest BCUT2D eigenvalue weighted by Crippen LogP contribution is 2.27. The Kier molecular flexibility index (Phi) is 5.93. The molecule has 0 saturated heterocycles. The number of anilines is 2. The lowest BCUT2D eigenvalue weighted by Gasteiger charge is -2.20. The summed E-state index contributed by atoms with van der Waals surface area (Å²) < 4.78 is 27.1. The van der Waals surface area contributed by atoms with Gasteiger partial charge >= 0.3 is 0 Å². The van der Waals surface area contributed by atoms with Crippen molar-refractivity contribution in [2.45, 2.75) is 4.90 Å². The van der Waals surface area contributed by atoms with Crippen molar-refractivity contribution in [1.29, 1.82) is 0 Å². The van der Waals surface area contributed by atoms with Gasteiger partial charge in [-0.25, -0.2) is 8.42 Å². The molecule has 0 fully saturated rings. The van der Waals surface area contributed by atoms with Crippen molar-refractivity contribution >= 4 is 50.5 Å². The van der Waals surface area contributed by atoms with Crippen molar-refractivity contribution in [2.75, 3.05) is 16.7 Å². The third-order valence-electron chi connectivity index (χ3n) is 4.08. The number of para-hydroxylation sites is 2. The van der Waals surface area contributed by atoms with Crippen molar-refractivity contribution in [1.82, 2.24) is 0 Å². The first-order chi connectivity index (χ1) is 13.3. The second kappa shape index (κ2) is 8.22. The molecule has 8 heteroatoms. The molecule has 0 spiro atoms. The number of nitrogens with one attached hydrogen (secondary N) is 1. The van der Waals surface area contributed by atoms with Gasteiger partial charge in [0.15, 0.2) is 0 Å². The van der Waals surface area contributed by atoms with Crippen molar-refractivity contribution < 1.29 is 13.2 Å². The smallest absolute Gasteiger partial charge is 0.264 e. The number of carbonyl (C=O) groups is 1. The minimum absolute atomic E-state index is 0.0316. The monoisotopic (exact) mass is 434 g/mol. The van der Waals surface area contributed by atoms with Crippen molar-refractivity contribution in [3.63, 3.8) is 0 Å². The third kappa shape index (κ3) is 4.14. The number of hydrogen-bond donors (Lipinski definition) is 1. The summed E-state index contributed by atoms with van der Waals surface area (Å²) in [6.07, 6.45) is 0. The van der Waals surface area contributed by atoms with E-state index in [1.807, 2.05) is 0 Å². The van der Waals surface area contributed by atoms with Crippen LogP contribution in [0.5, 0.6) is 0 Å². The normalized spacial score (nSPS) is 11.1. The molecule has 0 saturated carbocycles. The number of carbonyl (C=O) groups excluding carboxylic acids is 1. The van der Waals surface area contributed by atoms with Gasteiger partial charge in [-0.15, -0.1) is 0 Å². The molecule has 1 N–H and O–H groups in total. The molecule has 5 nitrogen and oxygen atoms in total. The first kappa shape index (κ1) is 20.2. The van der Waals surface area contributed by atoms with Crippen molar-refractivity contribution in [3.05, 3.63) is 88.4 Å². The van der Waals surface area contributed by atoms with Crippen molar-refractivity contribution in [3.8, 4) is 0 Å². The number of nitrogens with zero attached hydrogens (tertiary/aromatic N) is 1. The highest BCUT2D eigenvalue weighted by molar-refractivity contribution is 7.92. The van der Waals surface area contributed by atoms with E-state index in [4.69, 9.17) is 23.2 Å². The standard InChI is InChI=1S/C20H16Cl2N2O3S/c1-24(14-7-3-2-4-8-14)28(26,27)15-11-12-17(21)16(13-15)20(25)23-19-10-6-5-9-18(19)22/h2-13H,1H3,(H,23,25). The van der Waals surface area contributed by atoms with Gasteiger partial charge in [0.2, 0.25) is 0 Å². The predicted octanol–water partition coefficient (Wildman–Crippen LogP) is 5.07. The molecular formula is C20H16Cl2N2O3S. The lowest BCUT2D eigenvalue weighted by molar-refractivity contribution is 0.102. The topological polar surface area (TPSA) is 66.5 Å². The lowest BCUT2D eigenvalue weighted by atomic mass is 10.2. The predicted molar refractivity (Wildman–Crippen MR) is 113 cm³/mol. The average Bonchev–Trinajstić information content (AvgIpc) is 2.70. The molecule has 0 bridgehead atoms. The Morgan fingerprint density at radius 1 is 0.893 bits per heavy atom. The first-order valence-electron chi connectivity index (χ1n) is 8.20. The van der Waals surface area contributed by atoms with Crippen LogP contribution in [0.25, 0.3) is 0 Å². The molecule has 144 valence electrons. The van der Waals surface area contributed by atoms with Gasteiger partial charge in [0.05, 0.1) is 31.9 Å². The van der Waals surface area contributed by atoms with Gasteiger partial charge in [0.25, 0.3) is 15.9 Å². The lowest BCUT2D eigenvalue weighted by Crippen LogP contribution is -2.27. The summed E-state index contributed by atoms with van der Waals surface area (Å²) in [6.45, 7) is 0. The summed E-state index contributed by atoms with van der Waals surface area (Å²) in [5.74, 6) is -0.558. The van der Waals surface area contributed by atoms with Gasteiger partial charge in [-0.3, -0.25) is 9.10 Å². The Labute approximate surface area is 173 Å². The molecule has 1 amide bonds. The Bertz CT molecular complexity index is 1120. The van der Waals surface area contributed by atoms with Crippen LogP contribution in [0.2, 0.25) is 10.0 Å². The summed E-state index contributed by atoms with van der Waals surface area (Å²) in [5, 5.41) is 3.13. The van der Waals surface area contributed by atoms with E-state index in [2.05, 4.69) is 5.32 Å². The Hall–Kier alpha value is -2.54. The number of amides is 1. The molecular weight excluding hydrogens is 419 g/mol. The number of sulfonamides is 1. The van der Waals surface area contributed by atoms with Crippen LogP contribution in [-0.4, -0.2) is 21.4 Å². The average molecular weight is 435 g/mol. The second-order valence-electron chi connectivity index (χ2n) is 5.88. The van der Waals surface area contributed by atoms with E-state index >= 15 is 0 Å². The van der Waals surface area contributed by atoms with Gasteiger partial charge in [-0.05, 0) is 42.5 Å². The fourth-order valence-electron chi connectivity index (χ4n) is 2.53. The van der Waals surface area contributed by atoms with Crippen LogP contribution in [0.1, 0.15) is 10.4 Å². The van der Waals surface area contributed by atoms with Gasteiger partial charge < -0.3 is 5.32 Å². The second-order valence-corrected chi connectivity index (χ2v) is 8.67. The minimum Gasteiger partial charge on any atom is -0.321 e. The molecule has 0 aliphatic rings. The third-order valence-corrected chi connectivity index (χ3v) is 6.52. The molecule has 3 aromatic rings. The van der Waals surface area contributed by atoms with Gasteiger partial charge in [-0.1, -0.05) is 53.5 Å². The molecule has 0 radical (unpaired) electrons. The Morgan fingerprint density at radius 2 is 1.54 bits per heavy atom. The zero-order valence-electron chi connectivity index (χ0n) is 14.8. The summed E-state index contributed by atoms with van der Waals surface area (Å²) in [4.78, 5) is 12.6. The van der Waals surface area contributed by atoms with E-state index in [0.29, 0.717) is 16.4 Å². The molecule has 0 atom stereocenters. The van der Waals surface area contributed by atoms with Gasteiger partial charge in [0, 0.05) is 7.05 Å². The summed E-state index contributed by atoms with van der Waals surface area (Å²) in [5.41, 5.74) is 0.934. The van der Waals surface area contributed by atoms with Crippen LogP contribution >= 0.6 is 23.2 Å². The molecule has 3 aromatic carbocycles. The van der Waals surface area contributed by atoms with E-state index in [1.54, 1.807) is 54.6 Å². The molecule has 0 unspecified atom stereocenters. The van der Waals surface area contributed by atoms with E-state index < -0.39 is 15.9 Å². The zero-order chi connectivity index (χ0) is 20.3. The van der Waals surface area contributed by atoms with Crippen LogP contribution in [0.3, 0.4) is 0 Å². The fourth-order valence-corrected chi connectivity index (χ4v) is 4.13. The number of rotatable bonds is 5.